The molecule has 0 saturated carbocycles. The Morgan fingerprint density at radius 1 is 1.08 bits per heavy atom. The molecule has 1 saturated heterocycles. The number of H-pyrrole nitrogens is 1. The van der Waals surface area contributed by atoms with Crippen LogP contribution in [0.3, 0.4) is 0 Å². The minimum absolute atomic E-state index is 0.119. The van der Waals surface area contributed by atoms with Crippen molar-refractivity contribution in [3.05, 3.63) is 104 Å². The van der Waals surface area contributed by atoms with Crippen LogP contribution in [0.25, 0.3) is 33.6 Å². The predicted octanol–water partition coefficient (Wildman–Crippen LogP) is 5.60. The number of allylic oxidation sites excluding steroid dienone is 4. The molecular formula is C29H26N4O5. The highest BCUT2D eigenvalue weighted by atomic mass is 16.7. The molecule has 2 aromatic carbocycles. The number of hydrogen-bond donors (Lipinski definition) is 1. The third-order valence-electron chi connectivity index (χ3n) is 6.97. The van der Waals surface area contributed by atoms with E-state index in [1.54, 1.807) is 19.1 Å². The normalized spacial score (nSPS) is 17.7. The number of rotatable bonds is 5. The smallest absolute Gasteiger partial charge is 0.280 e. The van der Waals surface area contributed by atoms with E-state index in [-0.39, 0.29) is 16.8 Å². The first-order chi connectivity index (χ1) is 18.4. The molecule has 0 spiro atoms. The van der Waals surface area contributed by atoms with Crippen molar-refractivity contribution in [1.29, 1.82) is 0 Å². The summed E-state index contributed by atoms with van der Waals surface area (Å²) in [6.07, 6.45) is 6.53. The quantitative estimate of drug-likeness (QED) is 0.276. The van der Waals surface area contributed by atoms with E-state index in [1.807, 2.05) is 30.3 Å². The van der Waals surface area contributed by atoms with Crippen LogP contribution in [0.4, 0.5) is 5.69 Å². The number of nitro benzene ring substituents is 1. The van der Waals surface area contributed by atoms with Crippen LogP contribution in [0.1, 0.15) is 36.5 Å². The van der Waals surface area contributed by atoms with Crippen LogP contribution in [0.5, 0.6) is 0 Å². The molecule has 0 bridgehead atoms. The van der Waals surface area contributed by atoms with E-state index >= 15 is 0 Å². The van der Waals surface area contributed by atoms with Gasteiger partial charge >= 0.3 is 0 Å². The molecule has 6 rings (SSSR count). The lowest BCUT2D eigenvalue weighted by Crippen LogP contribution is -2.19. The van der Waals surface area contributed by atoms with Crippen molar-refractivity contribution in [2.45, 2.75) is 26.6 Å². The summed E-state index contributed by atoms with van der Waals surface area (Å²) in [5.74, 6) is 0.360. The third kappa shape index (κ3) is 4.06. The lowest BCUT2D eigenvalue weighted by atomic mass is 9.92. The first-order valence-electron chi connectivity index (χ1n) is 12.5. The number of benzene rings is 2. The van der Waals surface area contributed by atoms with Gasteiger partial charge in [-0.25, -0.2) is 4.98 Å². The van der Waals surface area contributed by atoms with Crippen molar-refractivity contribution in [2.75, 3.05) is 13.2 Å². The second-order valence-corrected chi connectivity index (χ2v) is 9.61. The average molecular weight is 511 g/mol. The van der Waals surface area contributed by atoms with E-state index in [9.17, 15) is 14.9 Å². The van der Waals surface area contributed by atoms with Crippen molar-refractivity contribution < 1.29 is 14.4 Å². The molecular weight excluding hydrogens is 484 g/mol. The zero-order valence-electron chi connectivity index (χ0n) is 21.0. The standard InChI is InChI=1S/C29H26N4O5/c1-17-7-6-10-20(15-17)25-26(19-8-4-3-5-9-19)31-32-27(25)30-18(2)24(28(32)34)21-11-12-23(33(35)36)22(16-21)29-37-13-14-38-29/h3-6,8-12,15-17,29,31H,7,13-14H2,1-2H3. The number of aryl methyl sites for hydroxylation is 1. The van der Waals surface area contributed by atoms with Gasteiger partial charge in [-0.3, -0.25) is 20.0 Å². The number of nitrogens with zero attached hydrogens (tertiary/aromatic N) is 3. The number of aromatic nitrogens is 3. The summed E-state index contributed by atoms with van der Waals surface area (Å²) in [5, 5.41) is 15.0. The molecule has 4 aromatic rings. The van der Waals surface area contributed by atoms with E-state index in [4.69, 9.17) is 14.5 Å². The van der Waals surface area contributed by atoms with Crippen molar-refractivity contribution in [2.24, 2.45) is 5.92 Å². The zero-order chi connectivity index (χ0) is 26.4. The Morgan fingerprint density at radius 2 is 1.84 bits per heavy atom. The number of aromatic amines is 1. The van der Waals surface area contributed by atoms with Gasteiger partial charge in [0.25, 0.3) is 11.2 Å². The molecule has 1 atom stereocenters. The Bertz CT molecular complexity index is 1680. The summed E-state index contributed by atoms with van der Waals surface area (Å²) >= 11 is 0. The Balaban J connectivity index is 1.59. The van der Waals surface area contributed by atoms with Gasteiger partial charge in [-0.15, -0.1) is 0 Å². The van der Waals surface area contributed by atoms with E-state index in [2.05, 4.69) is 30.3 Å². The van der Waals surface area contributed by atoms with Crippen LogP contribution in [0, 0.1) is 23.0 Å². The molecule has 1 aliphatic heterocycles. The van der Waals surface area contributed by atoms with Crippen LogP contribution < -0.4 is 5.56 Å². The first-order valence-corrected chi connectivity index (χ1v) is 12.5. The molecule has 9 heteroatoms. The third-order valence-corrected chi connectivity index (χ3v) is 6.97. The minimum Gasteiger partial charge on any atom is -0.346 e. The summed E-state index contributed by atoms with van der Waals surface area (Å²) in [4.78, 5) is 30.1. The number of nitro groups is 1. The highest BCUT2D eigenvalue weighted by molar-refractivity contribution is 5.91. The fourth-order valence-electron chi connectivity index (χ4n) is 5.21. The molecule has 0 radical (unpaired) electrons. The fraction of sp³-hybridized carbons (Fsp3) is 0.241. The van der Waals surface area contributed by atoms with Gasteiger partial charge in [0, 0.05) is 11.6 Å². The molecule has 1 unspecified atom stereocenters. The molecule has 192 valence electrons. The summed E-state index contributed by atoms with van der Waals surface area (Å²) in [7, 11) is 0. The number of nitrogens with one attached hydrogen (secondary N) is 1. The minimum atomic E-state index is -0.858. The molecule has 1 aliphatic carbocycles. The van der Waals surface area contributed by atoms with E-state index in [0.717, 1.165) is 28.8 Å². The maximum atomic E-state index is 14.0. The SMILES string of the molecule is Cc1nc2c(C3=CC(C)CC=C3)c(-c3ccccc3)[nH]n2c(=O)c1-c1ccc([N+](=O)[O-])c(C2OCCO2)c1. The van der Waals surface area contributed by atoms with Crippen molar-refractivity contribution in [3.8, 4) is 22.4 Å². The topological polar surface area (TPSA) is 112 Å². The van der Waals surface area contributed by atoms with Gasteiger partial charge in [-0.05, 0) is 42.5 Å². The zero-order valence-corrected chi connectivity index (χ0v) is 21.0. The van der Waals surface area contributed by atoms with Crippen LogP contribution in [0.15, 0.2) is 71.6 Å². The molecule has 9 nitrogen and oxygen atoms in total. The first kappa shape index (κ1) is 24.0. The molecule has 1 fully saturated rings. The molecule has 0 amide bonds. The summed E-state index contributed by atoms with van der Waals surface area (Å²) in [6, 6.07) is 14.4. The molecule has 2 aliphatic rings. The Labute approximate surface area is 218 Å². The summed E-state index contributed by atoms with van der Waals surface area (Å²) < 4.78 is 12.6. The van der Waals surface area contributed by atoms with Crippen LogP contribution in [-0.2, 0) is 9.47 Å². The maximum Gasteiger partial charge on any atom is 0.280 e. The lowest BCUT2D eigenvalue weighted by Gasteiger charge is -2.14. The summed E-state index contributed by atoms with van der Waals surface area (Å²) in [5.41, 5.74) is 5.39. The van der Waals surface area contributed by atoms with Crippen molar-refractivity contribution in [3.63, 3.8) is 0 Å². The fourth-order valence-corrected chi connectivity index (χ4v) is 5.21. The second kappa shape index (κ2) is 9.51. The summed E-state index contributed by atoms with van der Waals surface area (Å²) in [6.45, 7) is 4.63. The Hall–Kier alpha value is -4.34. The largest absolute Gasteiger partial charge is 0.346 e. The van der Waals surface area contributed by atoms with Gasteiger partial charge in [-0.2, -0.15) is 4.52 Å². The van der Waals surface area contributed by atoms with Crippen LogP contribution in [0.2, 0.25) is 0 Å². The average Bonchev–Trinajstić information content (AvgIpc) is 3.58. The second-order valence-electron chi connectivity index (χ2n) is 9.61. The van der Waals surface area contributed by atoms with E-state index < -0.39 is 11.2 Å². The molecule has 3 heterocycles. The lowest BCUT2D eigenvalue weighted by molar-refractivity contribution is -0.386. The Kier molecular flexibility index (Phi) is 6.01. The van der Waals surface area contributed by atoms with Gasteiger partial charge in [-0.1, -0.05) is 55.5 Å². The molecule has 2 aromatic heterocycles. The van der Waals surface area contributed by atoms with E-state index in [0.29, 0.717) is 41.6 Å². The highest BCUT2D eigenvalue weighted by Crippen LogP contribution is 2.37. The van der Waals surface area contributed by atoms with Crippen molar-refractivity contribution in [1.82, 2.24) is 14.6 Å². The van der Waals surface area contributed by atoms with Gasteiger partial charge in [0.2, 0.25) is 0 Å². The van der Waals surface area contributed by atoms with Crippen LogP contribution in [-0.4, -0.2) is 32.7 Å². The van der Waals surface area contributed by atoms with Crippen molar-refractivity contribution >= 4 is 16.9 Å². The molecule has 38 heavy (non-hydrogen) atoms. The number of hydrogen-bond acceptors (Lipinski definition) is 6. The maximum absolute atomic E-state index is 14.0. The Morgan fingerprint density at radius 3 is 2.55 bits per heavy atom. The van der Waals surface area contributed by atoms with Gasteiger partial charge in [0.05, 0.1) is 46.2 Å². The highest BCUT2D eigenvalue weighted by Gasteiger charge is 2.29. The molecule has 1 N–H and O–H groups in total. The monoisotopic (exact) mass is 510 g/mol. The van der Waals surface area contributed by atoms with E-state index in [1.165, 1.54) is 10.6 Å². The van der Waals surface area contributed by atoms with Gasteiger partial charge in [0.15, 0.2) is 11.9 Å². The van der Waals surface area contributed by atoms with Crippen LogP contribution >= 0.6 is 0 Å². The predicted molar refractivity (Wildman–Crippen MR) is 144 cm³/mol. The van der Waals surface area contributed by atoms with Gasteiger partial charge < -0.3 is 9.47 Å². The van der Waals surface area contributed by atoms with Gasteiger partial charge in [0.1, 0.15) is 0 Å². The number of ether oxygens (including phenoxy) is 2. The number of fused-ring (bicyclic) bond motifs is 1.